The maximum atomic E-state index is 12.5. The SMILES string of the molecule is COc1ccc(NC(C)C(=O)NC(=O)NC2CCCC2)cc1OC(F)F. The first-order valence-corrected chi connectivity index (χ1v) is 8.39. The van der Waals surface area contributed by atoms with Crippen molar-refractivity contribution in [3.8, 4) is 11.5 Å². The molecule has 3 amide bonds. The average Bonchev–Trinajstić information content (AvgIpc) is 3.07. The highest BCUT2D eigenvalue weighted by molar-refractivity contribution is 5.98. The van der Waals surface area contributed by atoms with E-state index < -0.39 is 24.6 Å². The molecule has 1 fully saturated rings. The summed E-state index contributed by atoms with van der Waals surface area (Å²) in [6.07, 6.45) is 3.96. The Bertz CT molecular complexity index is 636. The van der Waals surface area contributed by atoms with E-state index in [-0.39, 0.29) is 17.5 Å². The van der Waals surface area contributed by atoms with E-state index in [0.717, 1.165) is 25.7 Å². The molecule has 1 aliphatic carbocycles. The molecule has 1 unspecified atom stereocenters. The van der Waals surface area contributed by atoms with Crippen LogP contribution >= 0.6 is 0 Å². The summed E-state index contributed by atoms with van der Waals surface area (Å²) in [5.74, 6) is -0.546. The van der Waals surface area contributed by atoms with Gasteiger partial charge in [-0.05, 0) is 31.9 Å². The number of carbonyl (C=O) groups is 2. The molecule has 1 aromatic carbocycles. The molecule has 0 aromatic heterocycles. The van der Waals surface area contributed by atoms with Crippen molar-refractivity contribution in [1.29, 1.82) is 0 Å². The van der Waals surface area contributed by atoms with Gasteiger partial charge in [0.15, 0.2) is 11.5 Å². The molecule has 7 nitrogen and oxygen atoms in total. The molecule has 0 aliphatic heterocycles. The molecule has 9 heteroatoms. The number of methoxy groups -OCH3 is 1. The minimum Gasteiger partial charge on any atom is -0.493 e. The Labute approximate surface area is 150 Å². The van der Waals surface area contributed by atoms with Crippen molar-refractivity contribution in [2.24, 2.45) is 0 Å². The summed E-state index contributed by atoms with van der Waals surface area (Å²) in [5.41, 5.74) is 0.375. The molecular weight excluding hydrogens is 348 g/mol. The van der Waals surface area contributed by atoms with E-state index in [1.165, 1.54) is 19.2 Å². The van der Waals surface area contributed by atoms with Crippen LogP contribution in [0.3, 0.4) is 0 Å². The predicted molar refractivity (Wildman–Crippen MR) is 91.6 cm³/mol. The molecule has 1 aromatic rings. The van der Waals surface area contributed by atoms with Crippen LogP contribution in [0.25, 0.3) is 0 Å². The van der Waals surface area contributed by atoms with Gasteiger partial charge in [-0.1, -0.05) is 12.8 Å². The van der Waals surface area contributed by atoms with Crippen molar-refractivity contribution in [2.45, 2.75) is 51.3 Å². The number of rotatable bonds is 7. The third-order valence-corrected chi connectivity index (χ3v) is 4.08. The van der Waals surface area contributed by atoms with Crippen LogP contribution in [0.5, 0.6) is 11.5 Å². The van der Waals surface area contributed by atoms with Crippen molar-refractivity contribution in [3.63, 3.8) is 0 Å². The number of benzene rings is 1. The molecule has 3 N–H and O–H groups in total. The number of anilines is 1. The molecule has 0 radical (unpaired) electrons. The number of amides is 3. The van der Waals surface area contributed by atoms with Gasteiger partial charge >= 0.3 is 12.6 Å². The summed E-state index contributed by atoms with van der Waals surface area (Å²) >= 11 is 0. The van der Waals surface area contributed by atoms with E-state index >= 15 is 0 Å². The van der Waals surface area contributed by atoms with E-state index in [1.807, 2.05) is 0 Å². The summed E-state index contributed by atoms with van der Waals surface area (Å²) in [6, 6.07) is 3.09. The lowest BCUT2D eigenvalue weighted by atomic mass is 10.2. The quantitative estimate of drug-likeness (QED) is 0.686. The first kappa shape index (κ1) is 19.7. The van der Waals surface area contributed by atoms with Crippen LogP contribution in [0.1, 0.15) is 32.6 Å². The molecule has 0 bridgehead atoms. The van der Waals surface area contributed by atoms with Gasteiger partial charge in [0.05, 0.1) is 7.11 Å². The molecule has 0 heterocycles. The molecule has 1 aliphatic rings. The van der Waals surface area contributed by atoms with Gasteiger partial charge in [0.2, 0.25) is 5.91 Å². The smallest absolute Gasteiger partial charge is 0.387 e. The molecule has 26 heavy (non-hydrogen) atoms. The van der Waals surface area contributed by atoms with Crippen molar-refractivity contribution in [2.75, 3.05) is 12.4 Å². The summed E-state index contributed by atoms with van der Waals surface area (Å²) in [4.78, 5) is 23.9. The Hall–Kier alpha value is -2.58. The molecular formula is C17H23F2N3O4. The van der Waals surface area contributed by atoms with E-state index in [9.17, 15) is 18.4 Å². The number of hydrogen-bond donors (Lipinski definition) is 3. The Morgan fingerprint density at radius 2 is 1.88 bits per heavy atom. The van der Waals surface area contributed by atoms with Gasteiger partial charge in [0.25, 0.3) is 0 Å². The lowest BCUT2D eigenvalue weighted by Gasteiger charge is -2.18. The van der Waals surface area contributed by atoms with Gasteiger partial charge in [-0.15, -0.1) is 0 Å². The van der Waals surface area contributed by atoms with Gasteiger partial charge in [0, 0.05) is 17.8 Å². The fourth-order valence-corrected chi connectivity index (χ4v) is 2.78. The number of ether oxygens (including phenoxy) is 2. The summed E-state index contributed by atoms with van der Waals surface area (Å²) in [6.45, 7) is -1.45. The second-order valence-corrected chi connectivity index (χ2v) is 6.05. The summed E-state index contributed by atoms with van der Waals surface area (Å²) in [7, 11) is 1.33. The van der Waals surface area contributed by atoms with E-state index in [1.54, 1.807) is 13.0 Å². The number of halogens is 2. The average molecular weight is 371 g/mol. The highest BCUT2D eigenvalue weighted by atomic mass is 19.3. The Morgan fingerprint density at radius 3 is 2.50 bits per heavy atom. The number of nitrogens with one attached hydrogen (secondary N) is 3. The number of carbonyl (C=O) groups excluding carboxylic acids is 2. The zero-order valence-electron chi connectivity index (χ0n) is 14.7. The Kier molecular flexibility index (Phi) is 6.99. The third kappa shape index (κ3) is 5.75. The predicted octanol–water partition coefficient (Wildman–Crippen LogP) is 2.87. The van der Waals surface area contributed by atoms with Crippen LogP contribution in [-0.4, -0.2) is 37.7 Å². The zero-order valence-corrected chi connectivity index (χ0v) is 14.7. The van der Waals surface area contributed by atoms with Gasteiger partial charge in [-0.3, -0.25) is 10.1 Å². The van der Waals surface area contributed by atoms with Crippen LogP contribution in [0, 0.1) is 0 Å². The van der Waals surface area contributed by atoms with E-state index in [4.69, 9.17) is 4.74 Å². The lowest BCUT2D eigenvalue weighted by Crippen LogP contribution is -2.48. The monoisotopic (exact) mass is 371 g/mol. The highest BCUT2D eigenvalue weighted by Crippen LogP contribution is 2.31. The molecule has 1 saturated carbocycles. The van der Waals surface area contributed by atoms with Crippen molar-refractivity contribution in [1.82, 2.24) is 10.6 Å². The fourth-order valence-electron chi connectivity index (χ4n) is 2.78. The molecule has 0 saturated heterocycles. The normalized spacial score (nSPS) is 15.4. The second kappa shape index (κ2) is 9.21. The maximum absolute atomic E-state index is 12.5. The minimum absolute atomic E-state index is 0.0988. The number of hydrogen-bond acceptors (Lipinski definition) is 5. The largest absolute Gasteiger partial charge is 0.493 e. The molecule has 144 valence electrons. The van der Waals surface area contributed by atoms with E-state index in [2.05, 4.69) is 20.7 Å². The Balaban J connectivity index is 1.91. The number of imide groups is 1. The van der Waals surface area contributed by atoms with Crippen LogP contribution in [0.4, 0.5) is 19.3 Å². The molecule has 2 rings (SSSR count). The minimum atomic E-state index is -3.00. The van der Waals surface area contributed by atoms with Gasteiger partial charge in [-0.2, -0.15) is 8.78 Å². The topological polar surface area (TPSA) is 88.7 Å². The number of alkyl halides is 2. The van der Waals surface area contributed by atoms with Crippen LogP contribution in [0.2, 0.25) is 0 Å². The standard InChI is InChI=1S/C17H23F2N3O4/c1-10(15(23)22-17(24)21-11-5-3-4-6-11)20-12-7-8-13(25-2)14(9-12)26-16(18)19/h7-11,16,20H,3-6H2,1-2H3,(H2,21,22,23,24). The van der Waals surface area contributed by atoms with Crippen LogP contribution < -0.4 is 25.4 Å². The van der Waals surface area contributed by atoms with Crippen molar-refractivity contribution >= 4 is 17.6 Å². The number of urea groups is 1. The van der Waals surface area contributed by atoms with Crippen LogP contribution in [0.15, 0.2) is 18.2 Å². The lowest BCUT2D eigenvalue weighted by molar-refractivity contribution is -0.120. The summed E-state index contributed by atoms with van der Waals surface area (Å²) in [5, 5.41) is 7.86. The zero-order chi connectivity index (χ0) is 19.1. The third-order valence-electron chi connectivity index (χ3n) is 4.08. The summed E-state index contributed by atoms with van der Waals surface area (Å²) < 4.78 is 34.3. The molecule has 0 spiro atoms. The Morgan fingerprint density at radius 1 is 1.19 bits per heavy atom. The van der Waals surface area contributed by atoms with Crippen molar-refractivity contribution in [3.05, 3.63) is 18.2 Å². The van der Waals surface area contributed by atoms with Gasteiger partial charge < -0.3 is 20.1 Å². The van der Waals surface area contributed by atoms with E-state index in [0.29, 0.717) is 5.69 Å². The first-order chi connectivity index (χ1) is 12.4. The van der Waals surface area contributed by atoms with Crippen molar-refractivity contribution < 1.29 is 27.8 Å². The van der Waals surface area contributed by atoms with Gasteiger partial charge in [0.1, 0.15) is 6.04 Å². The first-order valence-electron chi connectivity index (χ1n) is 8.39. The van der Waals surface area contributed by atoms with Gasteiger partial charge in [-0.25, -0.2) is 4.79 Å². The second-order valence-electron chi connectivity index (χ2n) is 6.05. The fraction of sp³-hybridized carbons (Fsp3) is 0.529. The van der Waals surface area contributed by atoms with Crippen LogP contribution in [-0.2, 0) is 4.79 Å². The highest BCUT2D eigenvalue weighted by Gasteiger charge is 2.21. The maximum Gasteiger partial charge on any atom is 0.387 e. The molecule has 1 atom stereocenters.